The van der Waals surface area contributed by atoms with E-state index in [2.05, 4.69) is 10.3 Å². The molecule has 6 nitrogen and oxygen atoms in total. The molecular formula is C22H24ClF3N2O4S. The van der Waals surface area contributed by atoms with Crippen LogP contribution in [0.4, 0.5) is 13.2 Å². The molecule has 1 aliphatic carbocycles. The van der Waals surface area contributed by atoms with Gasteiger partial charge in [-0.25, -0.2) is 13.4 Å². The predicted molar refractivity (Wildman–Crippen MR) is 117 cm³/mol. The maximum absolute atomic E-state index is 13.0. The van der Waals surface area contributed by atoms with Crippen molar-refractivity contribution < 1.29 is 31.1 Å². The van der Waals surface area contributed by atoms with Gasteiger partial charge in [0.2, 0.25) is 5.88 Å². The molecule has 0 radical (unpaired) electrons. The summed E-state index contributed by atoms with van der Waals surface area (Å²) in [4.78, 5) is 16.1. The fourth-order valence-electron chi connectivity index (χ4n) is 3.92. The molecular weight excluding hydrogens is 481 g/mol. The number of sulfone groups is 1. The zero-order valence-electron chi connectivity index (χ0n) is 18.1. The Labute approximate surface area is 195 Å². The number of carbonyl (C=O) groups excluding carboxylic acids is 1. The van der Waals surface area contributed by atoms with Gasteiger partial charge >= 0.3 is 6.18 Å². The molecule has 0 atom stereocenters. The smallest absolute Gasteiger partial charge is 0.416 e. The van der Waals surface area contributed by atoms with Crippen molar-refractivity contribution in [1.82, 2.24) is 10.3 Å². The van der Waals surface area contributed by atoms with Crippen LogP contribution in [0.5, 0.6) is 5.88 Å². The molecule has 180 valence electrons. The second-order valence-electron chi connectivity index (χ2n) is 8.48. The number of amides is 1. The van der Waals surface area contributed by atoms with Crippen LogP contribution in [0, 0.1) is 5.41 Å². The van der Waals surface area contributed by atoms with E-state index in [1.165, 1.54) is 25.3 Å². The average Bonchev–Trinajstić information content (AvgIpc) is 2.77. The van der Waals surface area contributed by atoms with E-state index in [-0.39, 0.29) is 32.8 Å². The molecule has 1 saturated carbocycles. The van der Waals surface area contributed by atoms with Gasteiger partial charge in [-0.15, -0.1) is 0 Å². The second-order valence-corrected chi connectivity index (χ2v) is 11.1. The van der Waals surface area contributed by atoms with Crippen LogP contribution in [0.3, 0.4) is 0 Å². The van der Waals surface area contributed by atoms with Crippen LogP contribution in [0.25, 0.3) is 0 Å². The summed E-state index contributed by atoms with van der Waals surface area (Å²) in [6, 6.07) is 6.73. The third-order valence-electron chi connectivity index (χ3n) is 5.99. The summed E-state index contributed by atoms with van der Waals surface area (Å²) in [5.74, 6) is -0.156. The first-order valence-electron chi connectivity index (χ1n) is 10.2. The lowest BCUT2D eigenvalue weighted by Crippen LogP contribution is -2.40. The van der Waals surface area contributed by atoms with Crippen molar-refractivity contribution >= 4 is 27.3 Å². The van der Waals surface area contributed by atoms with Crippen LogP contribution >= 0.6 is 11.6 Å². The van der Waals surface area contributed by atoms with Crippen LogP contribution < -0.4 is 10.1 Å². The van der Waals surface area contributed by atoms with E-state index in [1.807, 2.05) is 6.92 Å². The minimum Gasteiger partial charge on any atom is -0.481 e. The second kappa shape index (κ2) is 9.50. The fraction of sp³-hybridized carbons (Fsp3) is 0.455. The molecule has 1 heterocycles. The third kappa shape index (κ3) is 5.97. The molecule has 0 spiro atoms. The van der Waals surface area contributed by atoms with Crippen molar-refractivity contribution in [3.63, 3.8) is 0 Å². The number of methoxy groups -OCH3 is 1. The number of halogens is 4. The first kappa shape index (κ1) is 25.3. The van der Waals surface area contributed by atoms with Gasteiger partial charge in [-0.3, -0.25) is 4.79 Å². The maximum Gasteiger partial charge on any atom is 0.416 e. The molecule has 1 aromatic heterocycles. The number of hydrogen-bond acceptors (Lipinski definition) is 5. The Morgan fingerprint density at radius 1 is 1.24 bits per heavy atom. The molecule has 0 unspecified atom stereocenters. The Balaban J connectivity index is 1.64. The lowest BCUT2D eigenvalue weighted by Gasteiger charge is -2.37. The zero-order chi connectivity index (χ0) is 24.4. The summed E-state index contributed by atoms with van der Waals surface area (Å²) >= 11 is 5.90. The maximum atomic E-state index is 13.0. The quantitative estimate of drug-likeness (QED) is 0.565. The van der Waals surface area contributed by atoms with Crippen molar-refractivity contribution in [2.75, 3.05) is 13.7 Å². The normalized spacial score (nSPS) is 21.5. The van der Waals surface area contributed by atoms with Crippen LogP contribution in [0.2, 0.25) is 5.15 Å². The Hall–Kier alpha value is -2.33. The average molecular weight is 505 g/mol. The van der Waals surface area contributed by atoms with Gasteiger partial charge in [0.05, 0.1) is 22.8 Å². The molecule has 1 amide bonds. The number of pyridine rings is 1. The number of hydrogen-bond donors (Lipinski definition) is 1. The van der Waals surface area contributed by atoms with Crippen LogP contribution in [0.15, 0.2) is 41.3 Å². The highest BCUT2D eigenvalue weighted by Gasteiger charge is 2.39. The number of rotatable bonds is 6. The highest BCUT2D eigenvalue weighted by molar-refractivity contribution is 7.92. The van der Waals surface area contributed by atoms with Crippen molar-refractivity contribution in [3.8, 4) is 5.88 Å². The van der Waals surface area contributed by atoms with Crippen molar-refractivity contribution in [2.24, 2.45) is 5.41 Å². The Bertz CT molecular complexity index is 1130. The van der Waals surface area contributed by atoms with E-state index in [1.54, 1.807) is 0 Å². The molecule has 1 fully saturated rings. The lowest BCUT2D eigenvalue weighted by atomic mass is 9.75. The number of alkyl halides is 3. The first-order chi connectivity index (χ1) is 15.3. The minimum atomic E-state index is -4.61. The standard InChI is InChI=1S/C22H24ClF3N2O4S/c1-21(13-27-20(29)14-10-18(23)28-19(11-14)32-2)8-6-16(7-9-21)33(30,31)17-5-3-4-15(12-17)22(24,25)26/h3-5,10-12,16H,6-9,13H2,1-2H3,(H,27,29). The molecule has 0 saturated heterocycles. The van der Waals surface area contributed by atoms with Gasteiger partial charge in [0.15, 0.2) is 9.84 Å². The minimum absolute atomic E-state index is 0.117. The molecule has 0 bridgehead atoms. The number of carbonyl (C=O) groups is 1. The van der Waals surface area contributed by atoms with Gasteiger partial charge in [-0.05, 0) is 55.4 Å². The summed E-state index contributed by atoms with van der Waals surface area (Å²) in [6.45, 7) is 2.25. The van der Waals surface area contributed by atoms with Crippen LogP contribution in [-0.4, -0.2) is 38.2 Å². The van der Waals surface area contributed by atoms with Crippen molar-refractivity contribution in [2.45, 2.75) is 48.9 Å². The molecule has 1 N–H and O–H groups in total. The van der Waals surface area contributed by atoms with E-state index in [0.29, 0.717) is 38.3 Å². The summed E-state index contributed by atoms with van der Waals surface area (Å²) in [6.07, 6.45) is -3.04. The summed E-state index contributed by atoms with van der Waals surface area (Å²) in [5.41, 5.74) is -1.05. The molecule has 33 heavy (non-hydrogen) atoms. The molecule has 0 aliphatic heterocycles. The lowest BCUT2D eigenvalue weighted by molar-refractivity contribution is -0.137. The number of aromatic nitrogens is 1. The SMILES string of the molecule is COc1cc(C(=O)NCC2(C)CCC(S(=O)(=O)c3cccc(C(F)(F)F)c3)CC2)cc(Cl)n1. The topological polar surface area (TPSA) is 85.4 Å². The van der Waals surface area contributed by atoms with E-state index < -0.39 is 26.8 Å². The Morgan fingerprint density at radius 2 is 1.91 bits per heavy atom. The highest BCUT2D eigenvalue weighted by atomic mass is 35.5. The largest absolute Gasteiger partial charge is 0.481 e. The van der Waals surface area contributed by atoms with E-state index in [0.717, 1.165) is 12.1 Å². The van der Waals surface area contributed by atoms with E-state index >= 15 is 0 Å². The van der Waals surface area contributed by atoms with Gasteiger partial charge in [-0.1, -0.05) is 24.6 Å². The van der Waals surface area contributed by atoms with Crippen molar-refractivity contribution in [1.29, 1.82) is 0 Å². The fourth-order valence-corrected chi connectivity index (χ4v) is 5.92. The zero-order valence-corrected chi connectivity index (χ0v) is 19.6. The Morgan fingerprint density at radius 3 is 2.52 bits per heavy atom. The first-order valence-corrected chi connectivity index (χ1v) is 12.2. The van der Waals surface area contributed by atoms with Crippen LogP contribution in [-0.2, 0) is 16.0 Å². The number of nitrogens with one attached hydrogen (secondary N) is 1. The van der Waals surface area contributed by atoms with Gasteiger partial charge < -0.3 is 10.1 Å². The monoisotopic (exact) mass is 504 g/mol. The summed E-state index contributed by atoms with van der Waals surface area (Å²) in [7, 11) is -2.49. The van der Waals surface area contributed by atoms with E-state index in [4.69, 9.17) is 16.3 Å². The van der Waals surface area contributed by atoms with Gasteiger partial charge in [0.1, 0.15) is 5.15 Å². The van der Waals surface area contributed by atoms with Gasteiger partial charge in [0, 0.05) is 18.2 Å². The highest BCUT2D eigenvalue weighted by Crippen LogP contribution is 2.40. The predicted octanol–water partition coefficient (Wildman–Crippen LogP) is 4.92. The third-order valence-corrected chi connectivity index (χ3v) is 8.44. The molecule has 3 rings (SSSR count). The molecule has 11 heteroatoms. The van der Waals surface area contributed by atoms with Gasteiger partial charge in [-0.2, -0.15) is 13.2 Å². The van der Waals surface area contributed by atoms with Crippen LogP contribution in [0.1, 0.15) is 48.5 Å². The summed E-state index contributed by atoms with van der Waals surface area (Å²) in [5, 5.41) is 2.19. The molecule has 2 aromatic rings. The molecule has 1 aromatic carbocycles. The molecule has 1 aliphatic rings. The Kier molecular flexibility index (Phi) is 7.28. The number of nitrogens with zero attached hydrogens (tertiary/aromatic N) is 1. The number of ether oxygens (including phenoxy) is 1. The van der Waals surface area contributed by atoms with Gasteiger partial charge in [0.25, 0.3) is 5.91 Å². The number of benzene rings is 1. The van der Waals surface area contributed by atoms with E-state index in [9.17, 15) is 26.4 Å². The van der Waals surface area contributed by atoms with Crippen molar-refractivity contribution in [3.05, 3.63) is 52.7 Å². The summed E-state index contributed by atoms with van der Waals surface area (Å²) < 4.78 is 69.9.